The Morgan fingerprint density at radius 3 is 2.52 bits per heavy atom. The maximum Gasteiger partial charge on any atom is 0.514 e. The largest absolute Gasteiger partial charge is 0.514 e. The molecule has 1 heterocycles. The summed E-state index contributed by atoms with van der Waals surface area (Å²) < 4.78 is 10.3. The first-order chi connectivity index (χ1) is 12.0. The minimum atomic E-state index is -0.850. The van der Waals surface area contributed by atoms with Crippen LogP contribution in [0.15, 0.2) is 53.7 Å². The van der Waals surface area contributed by atoms with Gasteiger partial charge in [0.1, 0.15) is 16.9 Å². The van der Waals surface area contributed by atoms with E-state index in [4.69, 9.17) is 9.47 Å². The molecule has 0 aliphatic rings. The highest BCUT2D eigenvalue weighted by Crippen LogP contribution is 2.34. The van der Waals surface area contributed by atoms with Crippen LogP contribution >= 0.6 is 21.6 Å². The molecule has 132 valence electrons. The Labute approximate surface area is 152 Å². The Morgan fingerprint density at radius 1 is 1.20 bits per heavy atom. The summed E-state index contributed by atoms with van der Waals surface area (Å²) >= 11 is 0. The molecule has 0 aliphatic carbocycles. The average molecular weight is 380 g/mol. The molecule has 0 amide bonds. The Hall–Kier alpha value is -2.26. The van der Waals surface area contributed by atoms with Crippen LogP contribution in [0.25, 0.3) is 0 Å². The molecule has 2 atom stereocenters. The van der Waals surface area contributed by atoms with Gasteiger partial charge in [0.15, 0.2) is 0 Å². The first-order valence-corrected chi connectivity index (χ1v) is 9.54. The van der Waals surface area contributed by atoms with Gasteiger partial charge in [0, 0.05) is 23.6 Å². The van der Waals surface area contributed by atoms with E-state index in [0.717, 1.165) is 5.03 Å². The molecule has 0 aliphatic heterocycles. The molecule has 0 bridgehead atoms. The van der Waals surface area contributed by atoms with E-state index in [9.17, 15) is 14.9 Å². The Balaban J connectivity index is 1.79. The van der Waals surface area contributed by atoms with Gasteiger partial charge in [-0.1, -0.05) is 16.9 Å². The summed E-state index contributed by atoms with van der Waals surface area (Å²) in [6, 6.07) is 10.9. The lowest BCUT2D eigenvalue weighted by Crippen LogP contribution is -2.25. The van der Waals surface area contributed by atoms with Crippen molar-refractivity contribution in [3.63, 3.8) is 0 Å². The standard InChI is InChI=1S/C16H16N2O5S2/c1-11(12(2)24-25-15-5-3-4-10-17-15)22-16(19)23-14-8-6-13(7-9-14)18(20)21/h3-12H,1-2H3/t11-,12+/m1/s1. The third-order valence-electron chi connectivity index (χ3n) is 3.11. The van der Waals surface area contributed by atoms with E-state index in [1.165, 1.54) is 45.9 Å². The van der Waals surface area contributed by atoms with Gasteiger partial charge in [0.05, 0.1) is 4.92 Å². The molecule has 0 spiro atoms. The summed E-state index contributed by atoms with van der Waals surface area (Å²) in [5, 5.41) is 11.5. The van der Waals surface area contributed by atoms with E-state index >= 15 is 0 Å². The number of benzene rings is 1. The number of carbonyl (C=O) groups is 1. The van der Waals surface area contributed by atoms with Crippen LogP contribution < -0.4 is 4.74 Å². The van der Waals surface area contributed by atoms with Crippen molar-refractivity contribution in [3.8, 4) is 5.75 Å². The van der Waals surface area contributed by atoms with Crippen LogP contribution in [0.3, 0.4) is 0 Å². The first-order valence-electron chi connectivity index (χ1n) is 7.33. The maximum absolute atomic E-state index is 11.8. The van der Waals surface area contributed by atoms with Crippen molar-refractivity contribution in [1.29, 1.82) is 0 Å². The Bertz CT molecular complexity index is 712. The van der Waals surface area contributed by atoms with Crippen LogP contribution in [0.4, 0.5) is 10.5 Å². The number of non-ortho nitro benzene ring substituents is 1. The van der Waals surface area contributed by atoms with E-state index in [1.807, 2.05) is 25.1 Å². The number of ether oxygens (including phenoxy) is 2. The highest BCUT2D eigenvalue weighted by Gasteiger charge is 2.20. The fraction of sp³-hybridized carbons (Fsp3) is 0.250. The number of nitrogens with zero attached hydrogens (tertiary/aromatic N) is 2. The molecular weight excluding hydrogens is 364 g/mol. The number of nitro groups is 1. The Kier molecular flexibility index (Phi) is 7.08. The normalized spacial score (nSPS) is 12.9. The number of hydrogen-bond acceptors (Lipinski definition) is 8. The van der Waals surface area contributed by atoms with Crippen LogP contribution in [0.5, 0.6) is 5.75 Å². The van der Waals surface area contributed by atoms with Gasteiger partial charge in [-0.2, -0.15) is 0 Å². The number of pyridine rings is 1. The molecule has 0 fully saturated rings. The maximum atomic E-state index is 11.8. The van der Waals surface area contributed by atoms with Crippen molar-refractivity contribution < 1.29 is 19.2 Å². The van der Waals surface area contributed by atoms with Crippen molar-refractivity contribution in [3.05, 3.63) is 58.8 Å². The Morgan fingerprint density at radius 2 is 1.92 bits per heavy atom. The predicted octanol–water partition coefficient (Wildman–Crippen LogP) is 4.72. The molecular formula is C16H16N2O5S2. The van der Waals surface area contributed by atoms with E-state index in [0.29, 0.717) is 0 Å². The molecule has 0 saturated carbocycles. The molecule has 0 radical (unpaired) electrons. The highest BCUT2D eigenvalue weighted by molar-refractivity contribution is 8.76. The van der Waals surface area contributed by atoms with Gasteiger partial charge in [-0.05, 0) is 48.9 Å². The third-order valence-corrected chi connectivity index (χ3v) is 6.02. The second kappa shape index (κ2) is 9.28. The summed E-state index contributed by atoms with van der Waals surface area (Å²) in [6.07, 6.45) is 0.484. The monoisotopic (exact) mass is 380 g/mol. The molecule has 1 aromatic carbocycles. The van der Waals surface area contributed by atoms with Crippen molar-refractivity contribution in [2.24, 2.45) is 0 Å². The summed E-state index contributed by atoms with van der Waals surface area (Å²) in [5.74, 6) is 0.186. The molecule has 25 heavy (non-hydrogen) atoms. The van der Waals surface area contributed by atoms with E-state index in [-0.39, 0.29) is 22.8 Å². The zero-order valence-corrected chi connectivity index (χ0v) is 15.2. The molecule has 2 rings (SSSR count). The quantitative estimate of drug-likeness (QED) is 0.224. The summed E-state index contributed by atoms with van der Waals surface area (Å²) in [5.41, 5.74) is -0.0781. The van der Waals surface area contributed by atoms with Gasteiger partial charge in [0.25, 0.3) is 5.69 Å². The lowest BCUT2D eigenvalue weighted by molar-refractivity contribution is -0.384. The van der Waals surface area contributed by atoms with Crippen molar-refractivity contribution in [2.75, 3.05) is 0 Å². The number of rotatable bonds is 7. The SMILES string of the molecule is C[C@H](SSc1ccccn1)[C@@H](C)OC(=O)Oc1ccc([N+](=O)[O-])cc1. The van der Waals surface area contributed by atoms with Gasteiger partial charge in [-0.25, -0.2) is 9.78 Å². The number of aromatic nitrogens is 1. The van der Waals surface area contributed by atoms with Crippen molar-refractivity contribution in [1.82, 2.24) is 4.98 Å². The molecule has 1 aromatic heterocycles. The first kappa shape index (κ1) is 19.1. The summed E-state index contributed by atoms with van der Waals surface area (Å²) in [4.78, 5) is 26.1. The van der Waals surface area contributed by atoms with Crippen LogP contribution in [0.2, 0.25) is 0 Å². The second-order valence-electron chi connectivity index (χ2n) is 4.98. The van der Waals surface area contributed by atoms with Crippen molar-refractivity contribution >= 4 is 33.4 Å². The predicted molar refractivity (Wildman–Crippen MR) is 96.8 cm³/mol. The van der Waals surface area contributed by atoms with Gasteiger partial charge >= 0.3 is 6.16 Å². The molecule has 0 saturated heterocycles. The summed E-state index contributed by atoms with van der Waals surface area (Å²) in [6.45, 7) is 3.71. The topological polar surface area (TPSA) is 91.6 Å². The smallest absolute Gasteiger partial charge is 0.430 e. The third kappa shape index (κ3) is 6.28. The number of nitro benzene ring substituents is 1. The van der Waals surface area contributed by atoms with E-state index in [2.05, 4.69) is 4.98 Å². The average Bonchev–Trinajstić information content (AvgIpc) is 2.60. The van der Waals surface area contributed by atoms with Crippen LogP contribution in [-0.2, 0) is 4.74 Å². The van der Waals surface area contributed by atoms with E-state index < -0.39 is 11.1 Å². The molecule has 0 unspecified atom stereocenters. The number of carbonyl (C=O) groups excluding carboxylic acids is 1. The lowest BCUT2D eigenvalue weighted by atomic mass is 10.3. The van der Waals surface area contributed by atoms with Gasteiger partial charge in [-0.3, -0.25) is 10.1 Å². The summed E-state index contributed by atoms with van der Waals surface area (Å²) in [7, 11) is 3.04. The molecule has 9 heteroatoms. The lowest BCUT2D eigenvalue weighted by Gasteiger charge is -2.18. The van der Waals surface area contributed by atoms with Gasteiger partial charge in [-0.15, -0.1) is 0 Å². The van der Waals surface area contributed by atoms with Crippen LogP contribution in [0, 0.1) is 10.1 Å². The zero-order valence-electron chi connectivity index (χ0n) is 13.5. The second-order valence-corrected chi connectivity index (χ2v) is 7.58. The molecule has 7 nitrogen and oxygen atoms in total. The molecule has 0 N–H and O–H groups in total. The highest BCUT2D eigenvalue weighted by atomic mass is 33.1. The molecule has 2 aromatic rings. The zero-order chi connectivity index (χ0) is 18.2. The van der Waals surface area contributed by atoms with E-state index in [1.54, 1.807) is 13.1 Å². The van der Waals surface area contributed by atoms with Crippen LogP contribution in [-0.4, -0.2) is 27.4 Å². The minimum absolute atomic E-state index is 0.0106. The number of hydrogen-bond donors (Lipinski definition) is 0. The van der Waals surface area contributed by atoms with Crippen LogP contribution in [0.1, 0.15) is 13.8 Å². The van der Waals surface area contributed by atoms with Crippen molar-refractivity contribution in [2.45, 2.75) is 30.2 Å². The minimum Gasteiger partial charge on any atom is -0.430 e. The van der Waals surface area contributed by atoms with Gasteiger partial charge in [0.2, 0.25) is 0 Å². The van der Waals surface area contributed by atoms with Gasteiger partial charge < -0.3 is 9.47 Å². The fourth-order valence-electron chi connectivity index (χ4n) is 1.60. The fourth-order valence-corrected chi connectivity index (χ4v) is 3.82.